The van der Waals surface area contributed by atoms with Gasteiger partial charge in [-0.2, -0.15) is 0 Å². The Kier molecular flexibility index (Phi) is 4.76. The molecule has 1 amide bonds. The van der Waals surface area contributed by atoms with Gasteiger partial charge in [0.15, 0.2) is 0 Å². The van der Waals surface area contributed by atoms with Gasteiger partial charge in [-0.1, -0.05) is 24.3 Å². The molecule has 0 aliphatic rings. The number of benzene rings is 2. The second-order valence-electron chi connectivity index (χ2n) is 4.22. The van der Waals surface area contributed by atoms with Crippen molar-refractivity contribution in [1.29, 1.82) is 0 Å². The first-order valence-electron chi connectivity index (χ1n) is 6.07. The van der Waals surface area contributed by atoms with Gasteiger partial charge >= 0.3 is 17.8 Å². The van der Waals surface area contributed by atoms with Gasteiger partial charge < -0.3 is 10.2 Å². The van der Waals surface area contributed by atoms with Crippen molar-refractivity contribution in [3.63, 3.8) is 0 Å². The average Bonchev–Trinajstić information content (AvgIpc) is 2.49. The van der Waals surface area contributed by atoms with E-state index < -0.39 is 17.8 Å². The van der Waals surface area contributed by atoms with Gasteiger partial charge in [0.25, 0.3) is 0 Å². The molecule has 0 fully saturated rings. The molecule has 6 nitrogen and oxygen atoms in total. The monoisotopic (exact) mass is 411 g/mol. The number of carbonyl (C=O) groups excluding carboxylic acids is 1. The molecule has 0 aromatic heterocycles. The minimum absolute atomic E-state index is 0.00603. The Labute approximate surface area is 139 Å². The lowest BCUT2D eigenvalue weighted by molar-refractivity contribution is -0.148. The normalized spacial score (nSPS) is 10.0. The van der Waals surface area contributed by atoms with Crippen LogP contribution in [0.3, 0.4) is 0 Å². The number of halogens is 1. The van der Waals surface area contributed by atoms with Gasteiger partial charge in [0.05, 0.1) is 16.9 Å². The summed E-state index contributed by atoms with van der Waals surface area (Å²) in [6.45, 7) is 0. The maximum absolute atomic E-state index is 12.1. The summed E-state index contributed by atoms with van der Waals surface area (Å²) in [4.78, 5) is 35.5. The summed E-state index contributed by atoms with van der Waals surface area (Å²) >= 11 is 1.95. The zero-order valence-electron chi connectivity index (χ0n) is 11.1. The van der Waals surface area contributed by atoms with Crippen LogP contribution in [0.1, 0.15) is 10.4 Å². The number of aliphatic carboxylic acids is 1. The minimum Gasteiger partial charge on any atom is -0.478 e. The highest BCUT2D eigenvalue weighted by molar-refractivity contribution is 14.1. The van der Waals surface area contributed by atoms with Crippen LogP contribution in [-0.2, 0) is 9.59 Å². The van der Waals surface area contributed by atoms with Gasteiger partial charge in [-0.3, -0.25) is 9.69 Å². The number of rotatable bonds is 3. The van der Waals surface area contributed by atoms with Crippen LogP contribution in [0.15, 0.2) is 48.5 Å². The van der Waals surface area contributed by atoms with Gasteiger partial charge in [0, 0.05) is 3.57 Å². The van der Waals surface area contributed by atoms with Crippen molar-refractivity contribution in [2.24, 2.45) is 0 Å². The van der Waals surface area contributed by atoms with Crippen molar-refractivity contribution in [2.75, 3.05) is 4.90 Å². The fourth-order valence-corrected chi connectivity index (χ4v) is 2.56. The number of nitrogens with zero attached hydrogens (tertiary/aromatic N) is 1. The second kappa shape index (κ2) is 6.56. The summed E-state index contributed by atoms with van der Waals surface area (Å²) in [7, 11) is 0. The van der Waals surface area contributed by atoms with Crippen LogP contribution >= 0.6 is 22.6 Å². The quantitative estimate of drug-likeness (QED) is 0.599. The van der Waals surface area contributed by atoms with E-state index in [2.05, 4.69) is 0 Å². The first kappa shape index (κ1) is 16.0. The zero-order valence-corrected chi connectivity index (χ0v) is 13.2. The number of para-hydroxylation sites is 2. The van der Waals surface area contributed by atoms with Crippen molar-refractivity contribution < 1.29 is 24.6 Å². The summed E-state index contributed by atoms with van der Waals surface area (Å²) in [6, 6.07) is 12.4. The minimum atomic E-state index is -1.67. The van der Waals surface area contributed by atoms with Crippen molar-refractivity contribution in [2.45, 2.75) is 0 Å². The molecular weight excluding hydrogens is 401 g/mol. The molecule has 2 N–H and O–H groups in total. The topological polar surface area (TPSA) is 94.9 Å². The van der Waals surface area contributed by atoms with E-state index in [1.165, 1.54) is 18.2 Å². The molecule has 0 aliphatic heterocycles. The lowest BCUT2D eigenvalue weighted by Crippen LogP contribution is -2.34. The first-order valence-corrected chi connectivity index (χ1v) is 7.15. The van der Waals surface area contributed by atoms with Crippen molar-refractivity contribution in [3.05, 3.63) is 57.7 Å². The van der Waals surface area contributed by atoms with Crippen LogP contribution in [0.4, 0.5) is 11.4 Å². The fraction of sp³-hybridized carbons (Fsp3) is 0. The van der Waals surface area contributed by atoms with Crippen molar-refractivity contribution in [1.82, 2.24) is 0 Å². The van der Waals surface area contributed by atoms with Crippen LogP contribution < -0.4 is 4.90 Å². The molecule has 0 heterocycles. The highest BCUT2D eigenvalue weighted by Crippen LogP contribution is 2.32. The van der Waals surface area contributed by atoms with E-state index in [4.69, 9.17) is 5.11 Å². The van der Waals surface area contributed by atoms with E-state index in [1.807, 2.05) is 22.6 Å². The van der Waals surface area contributed by atoms with E-state index in [0.717, 1.165) is 4.90 Å². The van der Waals surface area contributed by atoms with E-state index in [-0.39, 0.29) is 11.3 Å². The van der Waals surface area contributed by atoms with E-state index in [0.29, 0.717) is 9.26 Å². The predicted octanol–water partition coefficient (Wildman–Crippen LogP) is 2.74. The predicted molar refractivity (Wildman–Crippen MR) is 87.3 cm³/mol. The molecule has 0 unspecified atom stereocenters. The molecule has 0 spiro atoms. The van der Waals surface area contributed by atoms with Crippen LogP contribution in [0.5, 0.6) is 0 Å². The molecule has 2 aromatic carbocycles. The van der Waals surface area contributed by atoms with Crippen LogP contribution in [0.25, 0.3) is 0 Å². The standard InChI is InChI=1S/C15H10INO5/c16-10-6-2-4-8-12(10)17(13(18)15(21)22)11-7-3-1-5-9(11)14(19)20/h1-8H,(H,19,20)(H,21,22). The first-order chi connectivity index (χ1) is 10.4. The second-order valence-corrected chi connectivity index (χ2v) is 5.38. The number of hydrogen-bond donors (Lipinski definition) is 2. The maximum Gasteiger partial charge on any atom is 0.395 e. The third-order valence-corrected chi connectivity index (χ3v) is 3.77. The van der Waals surface area contributed by atoms with Gasteiger partial charge in [-0.15, -0.1) is 0 Å². The number of carbonyl (C=O) groups is 3. The van der Waals surface area contributed by atoms with Crippen LogP contribution in [0, 0.1) is 3.57 Å². The Morgan fingerprint density at radius 3 is 1.95 bits per heavy atom. The summed E-state index contributed by atoms with van der Waals surface area (Å²) in [5.74, 6) is -4.14. The molecule has 22 heavy (non-hydrogen) atoms. The lowest BCUT2D eigenvalue weighted by Gasteiger charge is -2.23. The van der Waals surface area contributed by atoms with E-state index >= 15 is 0 Å². The summed E-state index contributed by atoms with van der Waals surface area (Å²) in [6.07, 6.45) is 0. The molecular formula is C15H10INO5. The molecule has 7 heteroatoms. The molecule has 112 valence electrons. The summed E-state index contributed by atoms with van der Waals surface area (Å²) < 4.78 is 0.620. The summed E-state index contributed by atoms with van der Waals surface area (Å²) in [5, 5.41) is 18.3. The Morgan fingerprint density at radius 1 is 0.864 bits per heavy atom. The largest absolute Gasteiger partial charge is 0.478 e. The molecule has 0 aliphatic carbocycles. The van der Waals surface area contributed by atoms with Crippen molar-refractivity contribution >= 4 is 51.8 Å². The number of carboxylic acid groups (broad SMARTS) is 2. The van der Waals surface area contributed by atoms with E-state index in [1.54, 1.807) is 30.3 Å². The molecule has 0 radical (unpaired) electrons. The number of aromatic carboxylic acids is 1. The van der Waals surface area contributed by atoms with Gasteiger partial charge in [0.2, 0.25) is 0 Å². The summed E-state index contributed by atoms with van der Waals surface area (Å²) in [5.41, 5.74) is 0.160. The Morgan fingerprint density at radius 2 is 1.41 bits per heavy atom. The SMILES string of the molecule is O=C(O)C(=O)N(c1ccccc1I)c1ccccc1C(=O)O. The van der Waals surface area contributed by atoms with Crippen molar-refractivity contribution in [3.8, 4) is 0 Å². The van der Waals surface area contributed by atoms with Gasteiger partial charge in [-0.05, 0) is 46.9 Å². The highest BCUT2D eigenvalue weighted by Gasteiger charge is 2.28. The maximum atomic E-state index is 12.1. The molecule has 0 atom stereocenters. The van der Waals surface area contributed by atoms with E-state index in [9.17, 15) is 19.5 Å². The molecule has 0 bridgehead atoms. The zero-order chi connectivity index (χ0) is 16.3. The fourth-order valence-electron chi connectivity index (χ4n) is 1.93. The van der Waals surface area contributed by atoms with Crippen LogP contribution in [0.2, 0.25) is 0 Å². The number of amides is 1. The third-order valence-electron chi connectivity index (χ3n) is 2.85. The average molecular weight is 411 g/mol. The number of hydrogen-bond acceptors (Lipinski definition) is 3. The smallest absolute Gasteiger partial charge is 0.395 e. The molecule has 2 aromatic rings. The van der Waals surface area contributed by atoms with Gasteiger partial charge in [-0.25, -0.2) is 9.59 Å². The molecule has 2 rings (SSSR count). The molecule has 0 saturated carbocycles. The highest BCUT2D eigenvalue weighted by atomic mass is 127. The molecule has 0 saturated heterocycles. The number of carboxylic acids is 2. The number of anilines is 2. The Bertz CT molecular complexity index is 759. The lowest BCUT2D eigenvalue weighted by atomic mass is 10.1. The van der Waals surface area contributed by atoms with Gasteiger partial charge in [0.1, 0.15) is 0 Å². The van der Waals surface area contributed by atoms with Crippen LogP contribution in [-0.4, -0.2) is 28.1 Å². The third kappa shape index (κ3) is 3.08. The Hall–Kier alpha value is -2.42. The Balaban J connectivity index is 2.71.